The summed E-state index contributed by atoms with van der Waals surface area (Å²) >= 11 is 0. The lowest BCUT2D eigenvalue weighted by Crippen LogP contribution is -2.38. The molecule has 2 aliphatic carbocycles. The van der Waals surface area contributed by atoms with Gasteiger partial charge in [0.05, 0.1) is 0 Å². The van der Waals surface area contributed by atoms with Crippen molar-refractivity contribution in [2.24, 2.45) is 17.8 Å². The summed E-state index contributed by atoms with van der Waals surface area (Å²) < 4.78 is 5.42. The lowest BCUT2D eigenvalue weighted by atomic mass is 9.98. The van der Waals surface area contributed by atoms with Gasteiger partial charge in [0.25, 0.3) is 0 Å². The van der Waals surface area contributed by atoms with Crippen molar-refractivity contribution in [3.63, 3.8) is 0 Å². The molecule has 0 bridgehead atoms. The second-order valence-electron chi connectivity index (χ2n) is 8.48. The van der Waals surface area contributed by atoms with E-state index in [2.05, 4.69) is 26.3 Å². The van der Waals surface area contributed by atoms with Crippen molar-refractivity contribution in [1.29, 1.82) is 0 Å². The Bertz CT molecular complexity index is 668. The maximum atomic E-state index is 13.0. The van der Waals surface area contributed by atoms with Gasteiger partial charge in [0.2, 0.25) is 5.91 Å². The Hall–Kier alpha value is -1.69. The van der Waals surface area contributed by atoms with E-state index in [4.69, 9.17) is 4.74 Å². The van der Waals surface area contributed by atoms with Crippen molar-refractivity contribution >= 4 is 11.7 Å². The van der Waals surface area contributed by atoms with Crippen LogP contribution in [-0.4, -0.2) is 53.1 Å². The molecule has 4 fully saturated rings. The van der Waals surface area contributed by atoms with Crippen LogP contribution in [0, 0.1) is 17.8 Å². The first-order valence-corrected chi connectivity index (χ1v) is 10.2. The molecule has 6 heteroatoms. The summed E-state index contributed by atoms with van der Waals surface area (Å²) in [5.74, 6) is 3.38. The van der Waals surface area contributed by atoms with Crippen molar-refractivity contribution in [3.8, 4) is 0 Å². The van der Waals surface area contributed by atoms with Gasteiger partial charge in [-0.3, -0.25) is 4.79 Å². The monoisotopic (exact) mass is 356 g/mol. The zero-order chi connectivity index (χ0) is 17.5. The van der Waals surface area contributed by atoms with Crippen LogP contribution in [0.15, 0.2) is 12.4 Å². The molecule has 0 radical (unpaired) electrons. The van der Waals surface area contributed by atoms with E-state index in [0.717, 1.165) is 50.9 Å². The van der Waals surface area contributed by atoms with E-state index in [1.54, 1.807) is 6.33 Å². The molecule has 1 aromatic rings. The quantitative estimate of drug-likeness (QED) is 0.878. The molecule has 1 N–H and O–H groups in total. The van der Waals surface area contributed by atoms with E-state index in [1.807, 2.05) is 0 Å². The number of hydrogen-bond acceptors (Lipinski definition) is 5. The standard InChI is InChI=1S/C20H28N4O2/c25-20(15-5-7-26-8-6-15)24-10-16(13-1-2-13)18(11-24)23-19-9-17(14-3-4-14)21-12-22-19/h9,12-16,18H,1-8,10-11H2,(H,21,22,23)/t16-,18+/m1/s1. The van der Waals surface area contributed by atoms with Gasteiger partial charge >= 0.3 is 0 Å². The highest BCUT2D eigenvalue weighted by atomic mass is 16.5. The Morgan fingerprint density at radius 1 is 1.08 bits per heavy atom. The van der Waals surface area contributed by atoms with E-state index in [-0.39, 0.29) is 5.92 Å². The van der Waals surface area contributed by atoms with Crippen LogP contribution in [0.1, 0.15) is 50.1 Å². The van der Waals surface area contributed by atoms with Crippen LogP contribution in [0.25, 0.3) is 0 Å². The van der Waals surface area contributed by atoms with Crippen LogP contribution in [-0.2, 0) is 9.53 Å². The molecule has 1 aromatic heterocycles. The Labute approximate surface area is 154 Å². The number of carbonyl (C=O) groups is 1. The first-order valence-electron chi connectivity index (χ1n) is 10.2. The zero-order valence-corrected chi connectivity index (χ0v) is 15.3. The van der Waals surface area contributed by atoms with E-state index >= 15 is 0 Å². The Morgan fingerprint density at radius 2 is 1.88 bits per heavy atom. The Morgan fingerprint density at radius 3 is 2.62 bits per heavy atom. The van der Waals surface area contributed by atoms with Crippen LogP contribution in [0.4, 0.5) is 5.82 Å². The highest BCUT2D eigenvalue weighted by Crippen LogP contribution is 2.43. The fraction of sp³-hybridized carbons (Fsp3) is 0.750. The molecule has 2 aliphatic heterocycles. The first kappa shape index (κ1) is 16.5. The normalized spacial score (nSPS) is 29.8. The number of hydrogen-bond donors (Lipinski definition) is 1. The maximum Gasteiger partial charge on any atom is 0.225 e. The SMILES string of the molecule is O=C(C1CCOCC1)N1C[C@H](Nc2cc(C3CC3)ncn2)[C@@H](C2CC2)C1. The third-order valence-electron chi connectivity index (χ3n) is 6.49. The summed E-state index contributed by atoms with van der Waals surface area (Å²) in [5.41, 5.74) is 1.17. The number of carbonyl (C=O) groups excluding carboxylic acids is 1. The molecule has 6 nitrogen and oxygen atoms in total. The van der Waals surface area contributed by atoms with E-state index in [1.165, 1.54) is 31.4 Å². The van der Waals surface area contributed by atoms with Gasteiger partial charge in [0.1, 0.15) is 12.1 Å². The molecule has 1 amide bonds. The molecule has 0 aromatic carbocycles. The van der Waals surface area contributed by atoms with Gasteiger partial charge in [0.15, 0.2) is 0 Å². The van der Waals surface area contributed by atoms with Crippen LogP contribution in [0.2, 0.25) is 0 Å². The number of nitrogens with zero attached hydrogens (tertiary/aromatic N) is 3. The Balaban J connectivity index is 1.28. The van der Waals surface area contributed by atoms with Gasteiger partial charge in [-0.2, -0.15) is 0 Å². The molecule has 3 heterocycles. The first-order chi connectivity index (χ1) is 12.8. The molecule has 2 saturated carbocycles. The van der Waals surface area contributed by atoms with E-state index in [0.29, 0.717) is 23.8 Å². The van der Waals surface area contributed by atoms with Gasteiger partial charge in [-0.15, -0.1) is 0 Å². The second kappa shape index (κ2) is 6.80. The molecular weight excluding hydrogens is 328 g/mol. The predicted octanol–water partition coefficient (Wildman–Crippen LogP) is 2.43. The van der Waals surface area contributed by atoms with Crippen LogP contribution in [0.5, 0.6) is 0 Å². The highest BCUT2D eigenvalue weighted by Gasteiger charge is 2.45. The number of ether oxygens (including phenoxy) is 1. The molecule has 4 aliphatic rings. The summed E-state index contributed by atoms with van der Waals surface area (Å²) in [6.07, 6.45) is 8.53. The van der Waals surface area contributed by atoms with Crippen LogP contribution in [0.3, 0.4) is 0 Å². The third kappa shape index (κ3) is 3.43. The lowest BCUT2D eigenvalue weighted by molar-refractivity contribution is -0.137. The van der Waals surface area contributed by atoms with E-state index < -0.39 is 0 Å². The van der Waals surface area contributed by atoms with Gasteiger partial charge in [-0.25, -0.2) is 9.97 Å². The topological polar surface area (TPSA) is 67.3 Å². The number of rotatable bonds is 5. The largest absolute Gasteiger partial charge is 0.381 e. The smallest absolute Gasteiger partial charge is 0.225 e. The van der Waals surface area contributed by atoms with Crippen LogP contribution >= 0.6 is 0 Å². The summed E-state index contributed by atoms with van der Waals surface area (Å²) in [6.45, 7) is 3.16. The molecular formula is C20H28N4O2. The van der Waals surface area contributed by atoms with Gasteiger partial charge in [-0.1, -0.05) is 0 Å². The minimum atomic E-state index is 0.155. The fourth-order valence-corrected chi connectivity index (χ4v) is 4.61. The second-order valence-corrected chi connectivity index (χ2v) is 8.48. The summed E-state index contributed by atoms with van der Waals surface area (Å²) in [4.78, 5) is 23.9. The van der Waals surface area contributed by atoms with Crippen molar-refractivity contribution < 1.29 is 9.53 Å². The number of nitrogens with one attached hydrogen (secondary N) is 1. The summed E-state index contributed by atoms with van der Waals surface area (Å²) in [7, 11) is 0. The lowest BCUT2D eigenvalue weighted by Gasteiger charge is -2.26. The predicted molar refractivity (Wildman–Crippen MR) is 97.8 cm³/mol. The molecule has 2 saturated heterocycles. The minimum Gasteiger partial charge on any atom is -0.381 e. The molecule has 0 spiro atoms. The van der Waals surface area contributed by atoms with Crippen molar-refractivity contribution in [2.75, 3.05) is 31.6 Å². The van der Waals surface area contributed by atoms with Gasteiger partial charge < -0.3 is 15.0 Å². The number of aromatic nitrogens is 2. The van der Waals surface area contributed by atoms with Crippen molar-refractivity contribution in [2.45, 2.75) is 50.5 Å². The number of likely N-dealkylation sites (tertiary alicyclic amines) is 1. The number of anilines is 1. The number of amides is 1. The molecule has 140 valence electrons. The maximum absolute atomic E-state index is 13.0. The highest BCUT2D eigenvalue weighted by molar-refractivity contribution is 5.79. The van der Waals surface area contributed by atoms with Gasteiger partial charge in [0, 0.05) is 61.9 Å². The molecule has 0 unspecified atom stereocenters. The van der Waals surface area contributed by atoms with Crippen LogP contribution < -0.4 is 5.32 Å². The summed E-state index contributed by atoms with van der Waals surface area (Å²) in [5, 5.41) is 3.65. The Kier molecular flexibility index (Phi) is 4.31. The van der Waals surface area contributed by atoms with Crippen molar-refractivity contribution in [1.82, 2.24) is 14.9 Å². The zero-order valence-electron chi connectivity index (χ0n) is 15.3. The molecule has 2 atom stereocenters. The average molecular weight is 356 g/mol. The average Bonchev–Trinajstić information content (AvgIpc) is 3.60. The van der Waals surface area contributed by atoms with Crippen molar-refractivity contribution in [3.05, 3.63) is 18.1 Å². The third-order valence-corrected chi connectivity index (χ3v) is 6.49. The fourth-order valence-electron chi connectivity index (χ4n) is 4.61. The van der Waals surface area contributed by atoms with Gasteiger partial charge in [-0.05, 0) is 44.4 Å². The summed E-state index contributed by atoms with van der Waals surface area (Å²) in [6, 6.07) is 2.43. The molecule has 5 rings (SSSR count). The minimum absolute atomic E-state index is 0.155. The van der Waals surface area contributed by atoms with E-state index in [9.17, 15) is 4.79 Å². The molecule has 26 heavy (non-hydrogen) atoms.